The number of rotatable bonds is 4. The maximum atomic E-state index is 11.5. The van der Waals surface area contributed by atoms with Gasteiger partial charge in [0.25, 0.3) is 0 Å². The van der Waals surface area contributed by atoms with Gasteiger partial charge in [0, 0.05) is 12.3 Å². The van der Waals surface area contributed by atoms with E-state index in [1.165, 1.54) is 0 Å². The number of carbonyl (C=O) groups is 1. The van der Waals surface area contributed by atoms with Gasteiger partial charge >= 0.3 is 0 Å². The Balaban J connectivity index is 2.55. The number of hydrogen-bond acceptors (Lipinski definition) is 1. The molecule has 13 heavy (non-hydrogen) atoms. The Kier molecular flexibility index (Phi) is 3.69. The Morgan fingerprint density at radius 1 is 1.31 bits per heavy atom. The van der Waals surface area contributed by atoms with Gasteiger partial charge in [0.05, 0.1) is 0 Å². The zero-order valence-corrected chi connectivity index (χ0v) is 8.29. The number of hydrogen-bond donors (Lipinski definition) is 0. The van der Waals surface area contributed by atoms with Crippen LogP contribution in [0, 0.1) is 5.92 Å². The summed E-state index contributed by atoms with van der Waals surface area (Å²) in [7, 11) is 0. The summed E-state index contributed by atoms with van der Waals surface area (Å²) in [6, 6.07) is 9.91. The van der Waals surface area contributed by atoms with E-state index in [9.17, 15) is 4.79 Å². The van der Waals surface area contributed by atoms with Crippen LogP contribution >= 0.6 is 0 Å². The van der Waals surface area contributed by atoms with E-state index in [2.05, 4.69) is 0 Å². The Bertz CT molecular complexity index is 264. The average molecular weight is 176 g/mol. The lowest BCUT2D eigenvalue weighted by Gasteiger charge is -2.06. The van der Waals surface area contributed by atoms with Crippen LogP contribution in [0.25, 0.3) is 0 Å². The molecule has 1 aromatic carbocycles. The molecule has 1 atom stereocenters. The smallest absolute Gasteiger partial charge is 0.140 e. The first kappa shape index (κ1) is 9.97. The summed E-state index contributed by atoms with van der Waals surface area (Å²) in [5, 5.41) is 0. The van der Waals surface area contributed by atoms with Crippen molar-refractivity contribution in [3.63, 3.8) is 0 Å². The molecule has 0 heterocycles. The van der Waals surface area contributed by atoms with Gasteiger partial charge < -0.3 is 0 Å². The van der Waals surface area contributed by atoms with Gasteiger partial charge in [-0.05, 0) is 12.0 Å². The van der Waals surface area contributed by atoms with Gasteiger partial charge in [-0.2, -0.15) is 0 Å². The second-order valence-electron chi connectivity index (χ2n) is 3.44. The third kappa shape index (κ3) is 3.02. The predicted octanol–water partition coefficient (Wildman–Crippen LogP) is 2.84. The molecular formula is C12H16O. The third-order valence-corrected chi connectivity index (χ3v) is 2.38. The standard InChI is InChI=1S/C12H16O/c1-3-10(2)12(13)9-11-7-5-4-6-8-11/h4-8,10H,3,9H2,1-2H3. The van der Waals surface area contributed by atoms with Crippen LogP contribution in [0.1, 0.15) is 25.8 Å². The van der Waals surface area contributed by atoms with Gasteiger partial charge in [0.2, 0.25) is 0 Å². The largest absolute Gasteiger partial charge is 0.299 e. The lowest BCUT2D eigenvalue weighted by atomic mass is 9.98. The van der Waals surface area contributed by atoms with Gasteiger partial charge in [0.15, 0.2) is 0 Å². The Labute approximate surface area is 79.8 Å². The van der Waals surface area contributed by atoms with E-state index in [4.69, 9.17) is 0 Å². The maximum Gasteiger partial charge on any atom is 0.140 e. The molecule has 0 aliphatic carbocycles. The molecule has 0 aliphatic heterocycles. The summed E-state index contributed by atoms with van der Waals surface area (Å²) in [5.41, 5.74) is 1.12. The lowest BCUT2D eigenvalue weighted by molar-refractivity contribution is -0.121. The number of carbonyl (C=O) groups excluding carboxylic acids is 1. The van der Waals surface area contributed by atoms with Crippen LogP contribution in [0.2, 0.25) is 0 Å². The molecule has 0 spiro atoms. The van der Waals surface area contributed by atoms with Crippen LogP contribution in [-0.4, -0.2) is 5.78 Å². The lowest BCUT2D eigenvalue weighted by Crippen LogP contribution is -2.12. The fraction of sp³-hybridized carbons (Fsp3) is 0.417. The Morgan fingerprint density at radius 2 is 1.92 bits per heavy atom. The molecular weight excluding hydrogens is 160 g/mol. The first-order chi connectivity index (χ1) is 6.24. The van der Waals surface area contributed by atoms with E-state index >= 15 is 0 Å². The van der Waals surface area contributed by atoms with Gasteiger partial charge in [0.1, 0.15) is 5.78 Å². The van der Waals surface area contributed by atoms with Gasteiger partial charge in [-0.15, -0.1) is 0 Å². The highest BCUT2D eigenvalue weighted by Crippen LogP contribution is 2.08. The minimum atomic E-state index is 0.195. The Morgan fingerprint density at radius 3 is 2.46 bits per heavy atom. The first-order valence-corrected chi connectivity index (χ1v) is 4.80. The quantitative estimate of drug-likeness (QED) is 0.689. The number of ketones is 1. The minimum absolute atomic E-state index is 0.195. The second kappa shape index (κ2) is 4.80. The maximum absolute atomic E-state index is 11.5. The number of benzene rings is 1. The van der Waals surface area contributed by atoms with E-state index < -0.39 is 0 Å². The normalized spacial score (nSPS) is 12.5. The molecule has 0 aliphatic rings. The molecule has 1 aromatic rings. The van der Waals surface area contributed by atoms with Crippen LogP contribution in [0.5, 0.6) is 0 Å². The third-order valence-electron chi connectivity index (χ3n) is 2.38. The monoisotopic (exact) mass is 176 g/mol. The minimum Gasteiger partial charge on any atom is -0.299 e. The fourth-order valence-electron chi connectivity index (χ4n) is 1.20. The molecule has 0 fully saturated rings. The summed E-state index contributed by atoms with van der Waals surface area (Å²) in [6.07, 6.45) is 1.52. The number of Topliss-reactive ketones (excluding diaryl/α,β-unsaturated/α-hetero) is 1. The molecule has 1 heteroatoms. The second-order valence-corrected chi connectivity index (χ2v) is 3.44. The molecule has 0 bridgehead atoms. The van der Waals surface area contributed by atoms with Crippen LogP contribution < -0.4 is 0 Å². The zero-order chi connectivity index (χ0) is 9.68. The van der Waals surface area contributed by atoms with Crippen molar-refractivity contribution in [2.24, 2.45) is 5.92 Å². The molecule has 70 valence electrons. The van der Waals surface area contributed by atoms with Gasteiger partial charge in [-0.3, -0.25) is 4.79 Å². The molecule has 1 rings (SSSR count). The van der Waals surface area contributed by atoms with Crippen molar-refractivity contribution in [3.8, 4) is 0 Å². The van der Waals surface area contributed by atoms with Crippen molar-refractivity contribution in [1.29, 1.82) is 0 Å². The molecule has 1 nitrogen and oxygen atoms in total. The first-order valence-electron chi connectivity index (χ1n) is 4.80. The van der Waals surface area contributed by atoms with Crippen LogP contribution in [0.15, 0.2) is 30.3 Å². The van der Waals surface area contributed by atoms with E-state index in [1.54, 1.807) is 0 Å². The van der Waals surface area contributed by atoms with Crippen LogP contribution in [0.3, 0.4) is 0 Å². The molecule has 1 unspecified atom stereocenters. The Hall–Kier alpha value is -1.11. The van der Waals surface area contributed by atoms with E-state index in [1.807, 2.05) is 44.2 Å². The molecule has 0 N–H and O–H groups in total. The van der Waals surface area contributed by atoms with Crippen molar-refractivity contribution in [3.05, 3.63) is 35.9 Å². The van der Waals surface area contributed by atoms with Crippen molar-refractivity contribution < 1.29 is 4.79 Å². The van der Waals surface area contributed by atoms with Crippen LogP contribution in [0.4, 0.5) is 0 Å². The highest BCUT2D eigenvalue weighted by Gasteiger charge is 2.10. The molecule has 0 saturated heterocycles. The van der Waals surface area contributed by atoms with Crippen molar-refractivity contribution >= 4 is 5.78 Å². The molecule has 0 amide bonds. The van der Waals surface area contributed by atoms with Gasteiger partial charge in [-0.25, -0.2) is 0 Å². The van der Waals surface area contributed by atoms with Gasteiger partial charge in [-0.1, -0.05) is 44.2 Å². The highest BCUT2D eigenvalue weighted by molar-refractivity contribution is 5.82. The van der Waals surface area contributed by atoms with E-state index in [0.717, 1.165) is 12.0 Å². The molecule has 0 radical (unpaired) electrons. The summed E-state index contributed by atoms with van der Waals surface area (Å²) < 4.78 is 0. The summed E-state index contributed by atoms with van der Waals surface area (Å²) in [5.74, 6) is 0.536. The SMILES string of the molecule is CCC(C)C(=O)Cc1ccccc1. The predicted molar refractivity (Wildman–Crippen MR) is 54.6 cm³/mol. The molecule has 0 aromatic heterocycles. The average Bonchev–Trinajstić information content (AvgIpc) is 2.18. The summed E-state index contributed by atoms with van der Waals surface area (Å²) in [6.45, 7) is 4.04. The zero-order valence-electron chi connectivity index (χ0n) is 8.29. The van der Waals surface area contributed by atoms with Crippen molar-refractivity contribution in [2.45, 2.75) is 26.7 Å². The van der Waals surface area contributed by atoms with E-state index in [0.29, 0.717) is 12.2 Å². The summed E-state index contributed by atoms with van der Waals surface area (Å²) in [4.78, 5) is 11.5. The van der Waals surface area contributed by atoms with Crippen molar-refractivity contribution in [2.75, 3.05) is 0 Å². The van der Waals surface area contributed by atoms with Crippen LogP contribution in [-0.2, 0) is 11.2 Å². The fourth-order valence-corrected chi connectivity index (χ4v) is 1.20. The van der Waals surface area contributed by atoms with Crippen molar-refractivity contribution in [1.82, 2.24) is 0 Å². The topological polar surface area (TPSA) is 17.1 Å². The summed E-state index contributed by atoms with van der Waals surface area (Å²) >= 11 is 0. The van der Waals surface area contributed by atoms with E-state index in [-0.39, 0.29) is 5.92 Å². The highest BCUT2D eigenvalue weighted by atomic mass is 16.1. The molecule has 0 saturated carbocycles.